The van der Waals surface area contributed by atoms with Crippen LogP contribution in [0.25, 0.3) is 10.8 Å². The molecule has 0 unspecified atom stereocenters. The Morgan fingerprint density at radius 2 is 1.71 bits per heavy atom. The van der Waals surface area contributed by atoms with Gasteiger partial charge in [-0.25, -0.2) is 0 Å². The minimum absolute atomic E-state index is 0.417. The Morgan fingerprint density at radius 1 is 1.12 bits per heavy atom. The first kappa shape index (κ1) is 11.8. The number of benzene rings is 2. The van der Waals surface area contributed by atoms with Crippen LogP contribution in [-0.2, 0) is 10.7 Å². The third kappa shape index (κ3) is 2.08. The molecule has 17 heavy (non-hydrogen) atoms. The SMILES string of the molecule is NC(=O)C(F)(F)c1ccc2cc(Cl)ccc2c1. The van der Waals surface area contributed by atoms with E-state index in [1.807, 2.05) is 0 Å². The molecule has 0 atom stereocenters. The van der Waals surface area contributed by atoms with Gasteiger partial charge in [0.05, 0.1) is 0 Å². The average molecular weight is 256 g/mol. The second-order valence-electron chi connectivity index (χ2n) is 3.64. The summed E-state index contributed by atoms with van der Waals surface area (Å²) >= 11 is 5.78. The lowest BCUT2D eigenvalue weighted by Crippen LogP contribution is -2.32. The van der Waals surface area contributed by atoms with Gasteiger partial charge in [-0.05, 0) is 29.0 Å². The average Bonchev–Trinajstić information content (AvgIpc) is 2.28. The van der Waals surface area contributed by atoms with E-state index < -0.39 is 17.4 Å². The molecule has 88 valence electrons. The zero-order chi connectivity index (χ0) is 12.6. The molecule has 0 aromatic heterocycles. The molecular formula is C12H8ClF2NO. The Bertz CT molecular complexity index is 598. The summed E-state index contributed by atoms with van der Waals surface area (Å²) in [5.41, 5.74) is 4.24. The number of carbonyl (C=O) groups excluding carboxylic acids is 1. The molecule has 0 aliphatic rings. The molecule has 2 aromatic carbocycles. The van der Waals surface area contributed by atoms with Crippen molar-refractivity contribution in [2.45, 2.75) is 5.92 Å². The van der Waals surface area contributed by atoms with Crippen molar-refractivity contribution in [3.05, 3.63) is 47.0 Å². The van der Waals surface area contributed by atoms with E-state index in [2.05, 4.69) is 5.73 Å². The normalized spacial score (nSPS) is 11.7. The van der Waals surface area contributed by atoms with Gasteiger partial charge in [0, 0.05) is 10.6 Å². The minimum Gasteiger partial charge on any atom is -0.364 e. The largest absolute Gasteiger partial charge is 0.364 e. The highest BCUT2D eigenvalue weighted by Gasteiger charge is 2.38. The summed E-state index contributed by atoms with van der Waals surface area (Å²) in [6.45, 7) is 0. The van der Waals surface area contributed by atoms with Crippen molar-refractivity contribution in [1.82, 2.24) is 0 Å². The third-order valence-electron chi connectivity index (χ3n) is 2.47. The maximum atomic E-state index is 13.4. The van der Waals surface area contributed by atoms with E-state index in [9.17, 15) is 13.6 Å². The fourth-order valence-corrected chi connectivity index (χ4v) is 1.73. The molecule has 0 radical (unpaired) electrons. The molecule has 0 bridgehead atoms. The van der Waals surface area contributed by atoms with Crippen LogP contribution in [0.1, 0.15) is 5.56 Å². The summed E-state index contributed by atoms with van der Waals surface area (Å²) in [5.74, 6) is -5.32. The number of carbonyl (C=O) groups is 1. The number of nitrogens with two attached hydrogens (primary N) is 1. The summed E-state index contributed by atoms with van der Waals surface area (Å²) in [5, 5.41) is 1.82. The van der Waals surface area contributed by atoms with Crippen molar-refractivity contribution in [3.8, 4) is 0 Å². The van der Waals surface area contributed by atoms with E-state index >= 15 is 0 Å². The molecule has 2 N–H and O–H groups in total. The van der Waals surface area contributed by atoms with Crippen LogP contribution in [0.15, 0.2) is 36.4 Å². The van der Waals surface area contributed by atoms with Gasteiger partial charge in [-0.15, -0.1) is 0 Å². The second kappa shape index (κ2) is 3.96. The van der Waals surface area contributed by atoms with Crippen LogP contribution in [0, 0.1) is 0 Å². The molecule has 0 fully saturated rings. The van der Waals surface area contributed by atoms with Crippen molar-refractivity contribution in [3.63, 3.8) is 0 Å². The van der Waals surface area contributed by atoms with Crippen LogP contribution in [0.2, 0.25) is 5.02 Å². The van der Waals surface area contributed by atoms with Gasteiger partial charge in [0.25, 0.3) is 5.91 Å². The lowest BCUT2D eigenvalue weighted by Gasteiger charge is -2.13. The van der Waals surface area contributed by atoms with Gasteiger partial charge >= 0.3 is 5.92 Å². The number of rotatable bonds is 2. The Hall–Kier alpha value is -1.68. The number of alkyl halides is 2. The topological polar surface area (TPSA) is 43.1 Å². The molecule has 0 saturated carbocycles. The highest BCUT2D eigenvalue weighted by molar-refractivity contribution is 6.31. The van der Waals surface area contributed by atoms with Gasteiger partial charge in [0.2, 0.25) is 0 Å². The van der Waals surface area contributed by atoms with Gasteiger partial charge in [0.15, 0.2) is 0 Å². The first-order chi connectivity index (χ1) is 7.91. The Kier molecular flexibility index (Phi) is 2.75. The molecule has 1 amide bonds. The first-order valence-corrected chi connectivity index (χ1v) is 5.16. The van der Waals surface area contributed by atoms with Crippen LogP contribution >= 0.6 is 11.6 Å². The predicted molar refractivity (Wildman–Crippen MR) is 62.0 cm³/mol. The Balaban J connectivity index is 2.59. The maximum Gasteiger partial charge on any atom is 0.349 e. The molecule has 5 heteroatoms. The van der Waals surface area contributed by atoms with Crippen molar-refractivity contribution in [2.75, 3.05) is 0 Å². The molecular weight excluding hydrogens is 248 g/mol. The molecule has 2 aromatic rings. The second-order valence-corrected chi connectivity index (χ2v) is 4.08. The van der Waals surface area contributed by atoms with Crippen molar-refractivity contribution in [1.29, 1.82) is 0 Å². The van der Waals surface area contributed by atoms with E-state index in [1.54, 1.807) is 18.2 Å². The smallest absolute Gasteiger partial charge is 0.349 e. The number of amides is 1. The minimum atomic E-state index is -3.66. The summed E-state index contributed by atoms with van der Waals surface area (Å²) in [4.78, 5) is 10.7. The number of hydrogen-bond donors (Lipinski definition) is 1. The van der Waals surface area contributed by atoms with E-state index in [0.717, 1.165) is 5.39 Å². The highest BCUT2D eigenvalue weighted by Crippen LogP contribution is 2.30. The van der Waals surface area contributed by atoms with Crippen LogP contribution in [0.4, 0.5) is 8.78 Å². The summed E-state index contributed by atoms with van der Waals surface area (Å²) < 4.78 is 26.8. The van der Waals surface area contributed by atoms with E-state index in [0.29, 0.717) is 10.4 Å². The molecule has 0 saturated heterocycles. The predicted octanol–water partition coefficient (Wildman–Crippen LogP) is 3.07. The van der Waals surface area contributed by atoms with E-state index in [-0.39, 0.29) is 0 Å². The summed E-state index contributed by atoms with van der Waals surface area (Å²) in [6, 6.07) is 8.74. The summed E-state index contributed by atoms with van der Waals surface area (Å²) in [7, 11) is 0. The lowest BCUT2D eigenvalue weighted by atomic mass is 10.0. The zero-order valence-corrected chi connectivity index (χ0v) is 9.34. The Labute approximate surface area is 101 Å². The van der Waals surface area contributed by atoms with Crippen LogP contribution in [0.3, 0.4) is 0 Å². The maximum absolute atomic E-state index is 13.4. The molecule has 2 nitrogen and oxygen atoms in total. The fourth-order valence-electron chi connectivity index (χ4n) is 1.55. The van der Waals surface area contributed by atoms with Gasteiger partial charge in [-0.3, -0.25) is 4.79 Å². The van der Waals surface area contributed by atoms with Crippen LogP contribution < -0.4 is 5.73 Å². The third-order valence-corrected chi connectivity index (χ3v) is 2.71. The number of hydrogen-bond acceptors (Lipinski definition) is 1. The molecule has 0 aliphatic carbocycles. The molecule has 2 rings (SSSR count). The van der Waals surface area contributed by atoms with Gasteiger partial charge in [0.1, 0.15) is 0 Å². The lowest BCUT2D eigenvalue weighted by molar-refractivity contribution is -0.143. The monoisotopic (exact) mass is 255 g/mol. The van der Waals surface area contributed by atoms with Gasteiger partial charge in [-0.1, -0.05) is 29.8 Å². The van der Waals surface area contributed by atoms with Crippen LogP contribution in [-0.4, -0.2) is 5.91 Å². The summed E-state index contributed by atoms with van der Waals surface area (Å²) in [6.07, 6.45) is 0. The standard InChI is InChI=1S/C12H8ClF2NO/c13-10-4-2-7-5-9(3-1-8(7)6-10)12(14,15)11(16)17/h1-6H,(H2,16,17). The Morgan fingerprint density at radius 3 is 2.35 bits per heavy atom. The van der Waals surface area contributed by atoms with Crippen LogP contribution in [0.5, 0.6) is 0 Å². The van der Waals surface area contributed by atoms with Crippen molar-refractivity contribution in [2.24, 2.45) is 5.73 Å². The highest BCUT2D eigenvalue weighted by atomic mass is 35.5. The van der Waals surface area contributed by atoms with Crippen molar-refractivity contribution >= 4 is 28.3 Å². The zero-order valence-electron chi connectivity index (χ0n) is 8.58. The number of halogens is 3. The fraction of sp³-hybridized carbons (Fsp3) is 0.0833. The first-order valence-electron chi connectivity index (χ1n) is 4.79. The number of primary amides is 1. The number of fused-ring (bicyclic) bond motifs is 1. The van der Waals surface area contributed by atoms with E-state index in [4.69, 9.17) is 11.6 Å². The molecule has 0 heterocycles. The molecule has 0 aliphatic heterocycles. The van der Waals surface area contributed by atoms with E-state index in [1.165, 1.54) is 18.2 Å². The van der Waals surface area contributed by atoms with Gasteiger partial charge in [-0.2, -0.15) is 8.78 Å². The molecule has 0 spiro atoms. The van der Waals surface area contributed by atoms with Crippen molar-refractivity contribution < 1.29 is 13.6 Å². The van der Waals surface area contributed by atoms with Gasteiger partial charge < -0.3 is 5.73 Å². The quantitative estimate of drug-likeness (QED) is 0.880.